The average molecular weight is 536 g/mol. The zero-order valence-corrected chi connectivity index (χ0v) is 22.2. The minimum Gasteiger partial charge on any atom is -0.497 e. The van der Waals surface area contributed by atoms with Gasteiger partial charge in [0, 0.05) is 12.6 Å². The number of pyridine rings is 1. The Morgan fingerprint density at radius 2 is 1.82 bits per heavy atom. The van der Waals surface area contributed by atoms with Gasteiger partial charge in [-0.05, 0) is 66.6 Å². The third-order valence-electron chi connectivity index (χ3n) is 6.53. The quantitative estimate of drug-likeness (QED) is 0.271. The number of nitrogens with zero attached hydrogens (tertiary/aromatic N) is 7. The van der Waals surface area contributed by atoms with Crippen molar-refractivity contribution in [3.8, 4) is 17.3 Å². The molecule has 10 heteroatoms. The Hall–Kier alpha value is -4.57. The average Bonchev–Trinajstić information content (AvgIpc) is 3.62. The van der Waals surface area contributed by atoms with E-state index in [1.165, 1.54) is 17.3 Å². The summed E-state index contributed by atoms with van der Waals surface area (Å²) in [6, 6.07) is 25.1. The first kappa shape index (κ1) is 24.7. The molecule has 0 radical (unpaired) electrons. The predicted octanol–water partition coefficient (Wildman–Crippen LogP) is 4.97. The Balaban J connectivity index is 1.24. The number of carbonyl (C=O) groups excluding carboxylic acids is 1. The number of aromatic nitrogens is 5. The van der Waals surface area contributed by atoms with Gasteiger partial charge in [0.25, 0.3) is 5.91 Å². The van der Waals surface area contributed by atoms with Crippen molar-refractivity contribution in [2.45, 2.75) is 24.4 Å². The van der Waals surface area contributed by atoms with Crippen LogP contribution in [0.5, 0.6) is 5.75 Å². The van der Waals surface area contributed by atoms with Crippen LogP contribution in [0.15, 0.2) is 95.2 Å². The second kappa shape index (κ2) is 10.7. The molecule has 0 spiro atoms. The number of hydrazone groups is 1. The van der Waals surface area contributed by atoms with E-state index in [1.807, 2.05) is 54.6 Å². The standard InChI is InChI=1S/C29H25N7O2S/c1-19-6-8-21(9-7-19)25-17-24(20-10-12-22(38-2)13-11-20)33-35(25)28(37)18-39-27-15-14-26-31-32-29(36(26)34-27)23-5-3-4-16-30-23/h3-16,25H,17-18H2,1-2H3. The Morgan fingerprint density at radius 1 is 1.00 bits per heavy atom. The van der Waals surface area contributed by atoms with Gasteiger partial charge in [-0.25, -0.2) is 5.01 Å². The van der Waals surface area contributed by atoms with E-state index in [-0.39, 0.29) is 17.7 Å². The number of aryl methyl sites for hydroxylation is 1. The fraction of sp³-hybridized carbons (Fsp3) is 0.172. The van der Waals surface area contributed by atoms with Gasteiger partial charge in [0.05, 0.1) is 24.6 Å². The first-order valence-corrected chi connectivity index (χ1v) is 13.4. The molecule has 5 aromatic rings. The van der Waals surface area contributed by atoms with E-state index in [1.54, 1.807) is 22.8 Å². The molecule has 1 unspecified atom stereocenters. The number of thioether (sulfide) groups is 1. The molecule has 6 rings (SSSR count). The number of ether oxygens (including phenoxy) is 1. The van der Waals surface area contributed by atoms with Crippen LogP contribution in [0.2, 0.25) is 0 Å². The van der Waals surface area contributed by atoms with Crippen LogP contribution < -0.4 is 4.74 Å². The molecular formula is C29H25N7O2S. The first-order chi connectivity index (χ1) is 19.1. The molecule has 3 aromatic heterocycles. The second-order valence-electron chi connectivity index (χ2n) is 9.11. The second-order valence-corrected chi connectivity index (χ2v) is 10.1. The molecule has 0 saturated carbocycles. The molecule has 1 aliphatic rings. The van der Waals surface area contributed by atoms with Crippen LogP contribution in [0.1, 0.15) is 29.2 Å². The summed E-state index contributed by atoms with van der Waals surface area (Å²) >= 11 is 1.35. The maximum absolute atomic E-state index is 13.6. The molecule has 39 heavy (non-hydrogen) atoms. The fourth-order valence-electron chi connectivity index (χ4n) is 4.45. The largest absolute Gasteiger partial charge is 0.497 e. The topological polar surface area (TPSA) is 97.9 Å². The molecule has 1 atom stereocenters. The lowest BCUT2D eigenvalue weighted by Crippen LogP contribution is -2.28. The number of amides is 1. The van der Waals surface area contributed by atoms with Crippen LogP contribution in [0.4, 0.5) is 0 Å². The molecule has 0 fully saturated rings. The summed E-state index contributed by atoms with van der Waals surface area (Å²) < 4.78 is 6.95. The number of methoxy groups -OCH3 is 1. The van der Waals surface area contributed by atoms with Gasteiger partial charge in [-0.2, -0.15) is 14.7 Å². The number of hydrogen-bond donors (Lipinski definition) is 0. The summed E-state index contributed by atoms with van der Waals surface area (Å²) in [7, 11) is 1.64. The van der Waals surface area contributed by atoms with Crippen LogP contribution in [0.3, 0.4) is 0 Å². The fourth-order valence-corrected chi connectivity index (χ4v) is 5.16. The predicted molar refractivity (Wildman–Crippen MR) is 150 cm³/mol. The molecule has 0 N–H and O–H groups in total. The van der Waals surface area contributed by atoms with Crippen molar-refractivity contribution < 1.29 is 9.53 Å². The summed E-state index contributed by atoms with van der Waals surface area (Å²) in [4.78, 5) is 17.9. The molecule has 1 aliphatic heterocycles. The van der Waals surface area contributed by atoms with Crippen molar-refractivity contribution in [2.24, 2.45) is 5.10 Å². The zero-order valence-electron chi connectivity index (χ0n) is 21.4. The van der Waals surface area contributed by atoms with Gasteiger partial charge >= 0.3 is 0 Å². The van der Waals surface area contributed by atoms with Crippen LogP contribution in [0, 0.1) is 6.92 Å². The van der Waals surface area contributed by atoms with Gasteiger partial charge in [-0.15, -0.1) is 10.2 Å². The van der Waals surface area contributed by atoms with E-state index in [4.69, 9.17) is 9.84 Å². The maximum atomic E-state index is 13.6. The van der Waals surface area contributed by atoms with Crippen molar-refractivity contribution >= 4 is 29.0 Å². The smallest absolute Gasteiger partial charge is 0.253 e. The minimum absolute atomic E-state index is 0.0929. The molecule has 194 valence electrons. The molecular weight excluding hydrogens is 510 g/mol. The summed E-state index contributed by atoms with van der Waals surface area (Å²) in [5, 5.41) is 20.2. The molecule has 0 aliphatic carbocycles. The van der Waals surface area contributed by atoms with Crippen molar-refractivity contribution in [3.05, 3.63) is 102 Å². The van der Waals surface area contributed by atoms with E-state index in [0.717, 1.165) is 22.6 Å². The Bertz CT molecular complexity index is 1650. The lowest BCUT2D eigenvalue weighted by atomic mass is 9.97. The van der Waals surface area contributed by atoms with E-state index in [0.29, 0.717) is 28.6 Å². The summed E-state index contributed by atoms with van der Waals surface area (Å²) in [6.45, 7) is 2.05. The molecule has 4 heterocycles. The third-order valence-corrected chi connectivity index (χ3v) is 7.43. The number of hydrogen-bond acceptors (Lipinski definition) is 8. The van der Waals surface area contributed by atoms with Crippen molar-refractivity contribution in [1.29, 1.82) is 0 Å². The first-order valence-electron chi connectivity index (χ1n) is 12.5. The van der Waals surface area contributed by atoms with E-state index in [9.17, 15) is 4.79 Å². The van der Waals surface area contributed by atoms with Crippen molar-refractivity contribution in [3.63, 3.8) is 0 Å². The van der Waals surface area contributed by atoms with Crippen molar-refractivity contribution in [2.75, 3.05) is 12.9 Å². The molecule has 2 aromatic carbocycles. The maximum Gasteiger partial charge on any atom is 0.253 e. The van der Waals surface area contributed by atoms with Gasteiger partial charge in [-0.1, -0.05) is 47.7 Å². The van der Waals surface area contributed by atoms with Crippen molar-refractivity contribution in [1.82, 2.24) is 29.8 Å². The number of carbonyl (C=O) groups is 1. The van der Waals surface area contributed by atoms with Crippen LogP contribution >= 0.6 is 11.8 Å². The summed E-state index contributed by atoms with van der Waals surface area (Å²) in [5.41, 5.74) is 5.34. The SMILES string of the molecule is COc1ccc(C2=NN(C(=O)CSc3ccc4nnc(-c5ccccn5)n4n3)C(c3ccc(C)cc3)C2)cc1. The van der Waals surface area contributed by atoms with Crippen LogP contribution in [-0.4, -0.2) is 54.3 Å². The van der Waals surface area contributed by atoms with E-state index in [2.05, 4.69) is 51.5 Å². The molecule has 0 bridgehead atoms. The molecule has 0 saturated heterocycles. The number of rotatable bonds is 7. The Labute approximate surface area is 229 Å². The summed E-state index contributed by atoms with van der Waals surface area (Å²) in [5.74, 6) is 1.42. The zero-order chi connectivity index (χ0) is 26.8. The lowest BCUT2D eigenvalue weighted by molar-refractivity contribution is -0.130. The molecule has 9 nitrogen and oxygen atoms in total. The highest BCUT2D eigenvalue weighted by Crippen LogP contribution is 2.34. The minimum atomic E-state index is -0.181. The van der Waals surface area contributed by atoms with Gasteiger partial charge in [0.15, 0.2) is 5.65 Å². The number of benzene rings is 2. The lowest BCUT2D eigenvalue weighted by Gasteiger charge is -2.22. The van der Waals surface area contributed by atoms with E-state index < -0.39 is 0 Å². The number of fused-ring (bicyclic) bond motifs is 1. The Morgan fingerprint density at radius 3 is 2.56 bits per heavy atom. The Kier molecular flexibility index (Phi) is 6.76. The normalized spacial score (nSPS) is 15.0. The highest BCUT2D eigenvalue weighted by Gasteiger charge is 2.33. The third kappa shape index (κ3) is 5.10. The van der Waals surface area contributed by atoms with Gasteiger partial charge < -0.3 is 4.74 Å². The van der Waals surface area contributed by atoms with E-state index >= 15 is 0 Å². The highest BCUT2D eigenvalue weighted by molar-refractivity contribution is 7.99. The van der Waals surface area contributed by atoms with Crippen LogP contribution in [-0.2, 0) is 4.79 Å². The van der Waals surface area contributed by atoms with Gasteiger partial charge in [0.2, 0.25) is 5.82 Å². The van der Waals surface area contributed by atoms with Crippen LogP contribution in [0.25, 0.3) is 17.2 Å². The summed E-state index contributed by atoms with van der Waals surface area (Å²) in [6.07, 6.45) is 2.33. The van der Waals surface area contributed by atoms with Gasteiger partial charge in [0.1, 0.15) is 16.5 Å². The van der Waals surface area contributed by atoms with Gasteiger partial charge in [-0.3, -0.25) is 9.78 Å². The molecule has 1 amide bonds. The highest BCUT2D eigenvalue weighted by atomic mass is 32.2. The monoisotopic (exact) mass is 535 g/mol.